The summed E-state index contributed by atoms with van der Waals surface area (Å²) in [4.78, 5) is 0. The number of aliphatic hydroxyl groups excluding tert-OH is 2. The van der Waals surface area contributed by atoms with Gasteiger partial charge < -0.3 is 25.0 Å². The summed E-state index contributed by atoms with van der Waals surface area (Å²) in [7, 11) is 1.59. The molecule has 5 heteroatoms. The Morgan fingerprint density at radius 3 is 2.47 bits per heavy atom. The maximum absolute atomic E-state index is 9.83. The van der Waals surface area contributed by atoms with E-state index in [1.807, 2.05) is 0 Å². The largest absolute Gasteiger partial charge is 0.395 e. The minimum absolute atomic E-state index is 0.00192. The summed E-state index contributed by atoms with van der Waals surface area (Å²) in [5.41, 5.74) is 0. The number of ether oxygens (including phenoxy) is 2. The Bertz CT molecular complexity index is 219. The van der Waals surface area contributed by atoms with E-state index >= 15 is 0 Å². The number of nitrogens with one attached hydrogen (secondary N) is 1. The Morgan fingerprint density at radius 1 is 1.21 bits per heavy atom. The first-order valence-corrected chi connectivity index (χ1v) is 7.28. The fraction of sp³-hybridized carbons (Fsp3) is 1.00. The number of hydrogen-bond acceptors (Lipinski definition) is 5. The first kappa shape index (κ1) is 16.9. The van der Waals surface area contributed by atoms with Gasteiger partial charge in [-0.25, -0.2) is 0 Å². The second-order valence-corrected chi connectivity index (χ2v) is 5.61. The van der Waals surface area contributed by atoms with Crippen LogP contribution in [0.25, 0.3) is 0 Å². The maximum Gasteiger partial charge on any atom is 0.0897 e. The van der Waals surface area contributed by atoms with Crippen molar-refractivity contribution >= 4 is 0 Å². The van der Waals surface area contributed by atoms with Gasteiger partial charge in [0.1, 0.15) is 0 Å². The van der Waals surface area contributed by atoms with Crippen LogP contribution in [-0.2, 0) is 9.47 Å². The van der Waals surface area contributed by atoms with E-state index in [4.69, 9.17) is 14.6 Å². The third kappa shape index (κ3) is 7.22. The standard InChI is InChI=1S/C14H29NO4/c1-11-3-5-14(6-4-11)19-10-13(17)7-15-12(8-16)9-18-2/h11-17H,3-10H2,1-2H3. The molecule has 0 aromatic carbocycles. The Labute approximate surface area is 116 Å². The molecule has 1 saturated carbocycles. The first-order chi connectivity index (χ1) is 9.15. The summed E-state index contributed by atoms with van der Waals surface area (Å²) in [6, 6.07) is -0.129. The minimum Gasteiger partial charge on any atom is -0.395 e. The van der Waals surface area contributed by atoms with Crippen molar-refractivity contribution in [3.05, 3.63) is 0 Å². The summed E-state index contributed by atoms with van der Waals surface area (Å²) in [6.07, 6.45) is 4.41. The quantitative estimate of drug-likeness (QED) is 0.573. The molecule has 0 bridgehead atoms. The topological polar surface area (TPSA) is 71.0 Å². The highest BCUT2D eigenvalue weighted by atomic mass is 16.5. The van der Waals surface area contributed by atoms with Crippen molar-refractivity contribution < 1.29 is 19.7 Å². The van der Waals surface area contributed by atoms with Crippen LogP contribution in [0.15, 0.2) is 0 Å². The van der Waals surface area contributed by atoms with E-state index in [0.717, 1.165) is 18.8 Å². The molecule has 3 N–H and O–H groups in total. The smallest absolute Gasteiger partial charge is 0.0897 e. The van der Waals surface area contributed by atoms with Crippen LogP contribution in [0.2, 0.25) is 0 Å². The van der Waals surface area contributed by atoms with E-state index in [-0.39, 0.29) is 12.6 Å². The zero-order chi connectivity index (χ0) is 14.1. The van der Waals surface area contributed by atoms with Crippen LogP contribution < -0.4 is 5.32 Å². The van der Waals surface area contributed by atoms with Gasteiger partial charge in [0.15, 0.2) is 0 Å². The van der Waals surface area contributed by atoms with Gasteiger partial charge in [-0.2, -0.15) is 0 Å². The summed E-state index contributed by atoms with van der Waals surface area (Å²) in [6.45, 7) is 3.49. The van der Waals surface area contributed by atoms with Crippen LogP contribution in [0.5, 0.6) is 0 Å². The molecule has 114 valence electrons. The molecule has 0 aromatic rings. The molecule has 0 aliphatic heterocycles. The Balaban J connectivity index is 2.08. The molecule has 0 heterocycles. The molecule has 5 nitrogen and oxygen atoms in total. The number of hydrogen-bond donors (Lipinski definition) is 3. The molecule has 1 aliphatic rings. The molecule has 0 amide bonds. The second-order valence-electron chi connectivity index (χ2n) is 5.61. The van der Waals surface area contributed by atoms with Gasteiger partial charge in [-0.1, -0.05) is 6.92 Å². The van der Waals surface area contributed by atoms with Gasteiger partial charge in [0.05, 0.1) is 38.1 Å². The monoisotopic (exact) mass is 275 g/mol. The van der Waals surface area contributed by atoms with Crippen molar-refractivity contribution in [3.63, 3.8) is 0 Å². The van der Waals surface area contributed by atoms with E-state index in [1.165, 1.54) is 12.8 Å². The molecular formula is C14H29NO4. The lowest BCUT2D eigenvalue weighted by Crippen LogP contribution is -2.42. The zero-order valence-electron chi connectivity index (χ0n) is 12.2. The molecule has 19 heavy (non-hydrogen) atoms. The highest BCUT2D eigenvalue weighted by Gasteiger charge is 2.19. The number of methoxy groups -OCH3 is 1. The summed E-state index contributed by atoms with van der Waals surface area (Å²) in [5, 5.41) is 22.0. The molecular weight excluding hydrogens is 246 g/mol. The van der Waals surface area contributed by atoms with Crippen LogP contribution in [0, 0.1) is 5.92 Å². The van der Waals surface area contributed by atoms with Crippen molar-refractivity contribution in [2.75, 3.05) is 33.5 Å². The van der Waals surface area contributed by atoms with Gasteiger partial charge >= 0.3 is 0 Å². The van der Waals surface area contributed by atoms with Crippen molar-refractivity contribution in [2.24, 2.45) is 5.92 Å². The van der Waals surface area contributed by atoms with Crippen molar-refractivity contribution in [1.29, 1.82) is 0 Å². The lowest BCUT2D eigenvalue weighted by atomic mass is 9.89. The third-order valence-electron chi connectivity index (χ3n) is 3.72. The van der Waals surface area contributed by atoms with Gasteiger partial charge in [0.25, 0.3) is 0 Å². The molecule has 1 rings (SSSR count). The fourth-order valence-corrected chi connectivity index (χ4v) is 2.38. The number of aliphatic hydroxyl groups is 2. The first-order valence-electron chi connectivity index (χ1n) is 7.28. The molecule has 0 spiro atoms. The van der Waals surface area contributed by atoms with Crippen molar-refractivity contribution in [2.45, 2.75) is 50.9 Å². The number of rotatable bonds is 9. The Kier molecular flexibility index (Phi) is 8.57. The van der Waals surface area contributed by atoms with Crippen LogP contribution in [-0.4, -0.2) is 61.9 Å². The van der Waals surface area contributed by atoms with Gasteiger partial charge in [0, 0.05) is 13.7 Å². The van der Waals surface area contributed by atoms with Crippen molar-refractivity contribution in [1.82, 2.24) is 5.32 Å². The second kappa shape index (κ2) is 9.66. The van der Waals surface area contributed by atoms with Crippen molar-refractivity contribution in [3.8, 4) is 0 Å². The predicted molar refractivity (Wildman–Crippen MR) is 74.1 cm³/mol. The maximum atomic E-state index is 9.83. The van der Waals surface area contributed by atoms with E-state index in [9.17, 15) is 5.11 Å². The van der Waals surface area contributed by atoms with Gasteiger partial charge in [-0.3, -0.25) is 0 Å². The molecule has 0 radical (unpaired) electrons. The van der Waals surface area contributed by atoms with Crippen LogP contribution in [0.3, 0.4) is 0 Å². The minimum atomic E-state index is -0.537. The summed E-state index contributed by atoms with van der Waals surface area (Å²) < 4.78 is 10.7. The SMILES string of the molecule is COCC(CO)NCC(O)COC1CCC(C)CC1. The van der Waals surface area contributed by atoms with E-state index < -0.39 is 6.10 Å². The predicted octanol–water partition coefficient (Wildman–Crippen LogP) is 0.540. The van der Waals surface area contributed by atoms with Gasteiger partial charge in [-0.15, -0.1) is 0 Å². The zero-order valence-corrected chi connectivity index (χ0v) is 12.2. The third-order valence-corrected chi connectivity index (χ3v) is 3.72. The average molecular weight is 275 g/mol. The lowest BCUT2D eigenvalue weighted by molar-refractivity contribution is -0.0294. The summed E-state index contributed by atoms with van der Waals surface area (Å²) >= 11 is 0. The molecule has 2 atom stereocenters. The van der Waals surface area contributed by atoms with Crippen LogP contribution in [0.4, 0.5) is 0 Å². The van der Waals surface area contributed by atoms with Crippen LogP contribution >= 0.6 is 0 Å². The lowest BCUT2D eigenvalue weighted by Gasteiger charge is -2.27. The normalized spacial score (nSPS) is 27.2. The summed E-state index contributed by atoms with van der Waals surface area (Å²) in [5.74, 6) is 0.811. The van der Waals surface area contributed by atoms with E-state index in [0.29, 0.717) is 25.9 Å². The molecule has 2 unspecified atom stereocenters. The highest BCUT2D eigenvalue weighted by Crippen LogP contribution is 2.25. The Hall–Kier alpha value is -0.200. The fourth-order valence-electron chi connectivity index (χ4n) is 2.38. The van der Waals surface area contributed by atoms with E-state index in [1.54, 1.807) is 7.11 Å². The molecule has 0 saturated heterocycles. The van der Waals surface area contributed by atoms with Crippen LogP contribution in [0.1, 0.15) is 32.6 Å². The Morgan fingerprint density at radius 2 is 1.89 bits per heavy atom. The highest BCUT2D eigenvalue weighted by molar-refractivity contribution is 4.72. The van der Waals surface area contributed by atoms with Gasteiger partial charge in [-0.05, 0) is 31.6 Å². The van der Waals surface area contributed by atoms with Gasteiger partial charge in [0.2, 0.25) is 0 Å². The average Bonchev–Trinajstić information content (AvgIpc) is 2.42. The molecule has 0 aromatic heterocycles. The molecule has 1 fully saturated rings. The molecule has 1 aliphatic carbocycles. The van der Waals surface area contributed by atoms with E-state index in [2.05, 4.69) is 12.2 Å².